The largest absolute Gasteiger partial charge is 0.480 e. The summed E-state index contributed by atoms with van der Waals surface area (Å²) in [6.45, 7) is 1.89. The van der Waals surface area contributed by atoms with E-state index in [2.05, 4.69) is 4.98 Å². The van der Waals surface area contributed by atoms with Crippen molar-refractivity contribution in [2.24, 2.45) is 0 Å². The predicted molar refractivity (Wildman–Crippen MR) is 86.3 cm³/mol. The quantitative estimate of drug-likeness (QED) is 0.900. The first kappa shape index (κ1) is 17.9. The van der Waals surface area contributed by atoms with Crippen LogP contribution in [0.1, 0.15) is 35.0 Å². The maximum absolute atomic E-state index is 12.6. The third-order valence-electron chi connectivity index (χ3n) is 4.38. The van der Waals surface area contributed by atoms with Crippen LogP contribution in [0.2, 0.25) is 0 Å². The number of carbonyl (C=O) groups is 2. The lowest BCUT2D eigenvalue weighted by molar-refractivity contribution is -0.142. The number of fused-ring (bicyclic) bond motifs is 1. The van der Waals surface area contributed by atoms with E-state index >= 15 is 0 Å². The maximum atomic E-state index is 12.6. The highest BCUT2D eigenvalue weighted by molar-refractivity contribution is 6.01. The Morgan fingerprint density at radius 3 is 2.50 bits per heavy atom. The van der Waals surface area contributed by atoms with Crippen LogP contribution in [0.25, 0.3) is 11.1 Å². The number of benzene rings is 1. The van der Waals surface area contributed by atoms with E-state index in [9.17, 15) is 27.9 Å². The number of aromatic nitrogens is 1. The number of aliphatic carboxylic acids is 1. The fourth-order valence-electron chi connectivity index (χ4n) is 3.02. The summed E-state index contributed by atoms with van der Waals surface area (Å²) in [5, 5.41) is 9.26. The summed E-state index contributed by atoms with van der Waals surface area (Å²) < 4.78 is 37.8. The van der Waals surface area contributed by atoms with E-state index in [1.807, 2.05) is 0 Å². The molecular formula is C18H15F3N2O3. The highest BCUT2D eigenvalue weighted by atomic mass is 19.4. The van der Waals surface area contributed by atoms with Crippen molar-refractivity contribution in [3.05, 3.63) is 53.3 Å². The van der Waals surface area contributed by atoms with E-state index in [1.54, 1.807) is 25.1 Å². The van der Waals surface area contributed by atoms with Crippen molar-refractivity contribution in [2.75, 3.05) is 0 Å². The van der Waals surface area contributed by atoms with Gasteiger partial charge in [0, 0.05) is 23.9 Å². The number of hydrogen-bond donors (Lipinski definition) is 1. The number of rotatable bonds is 4. The van der Waals surface area contributed by atoms with Gasteiger partial charge in [0.25, 0.3) is 5.91 Å². The zero-order chi connectivity index (χ0) is 19.1. The molecule has 1 amide bonds. The minimum atomic E-state index is -4.51. The number of carboxylic acids is 1. The fourth-order valence-corrected chi connectivity index (χ4v) is 3.02. The molecule has 2 heterocycles. The molecule has 0 bridgehead atoms. The summed E-state index contributed by atoms with van der Waals surface area (Å²) in [4.78, 5) is 28.6. The molecule has 3 rings (SSSR count). The molecule has 5 nitrogen and oxygen atoms in total. The second-order valence-corrected chi connectivity index (χ2v) is 6.00. The van der Waals surface area contributed by atoms with Gasteiger partial charge in [-0.2, -0.15) is 13.2 Å². The molecule has 136 valence electrons. The zero-order valence-corrected chi connectivity index (χ0v) is 13.7. The molecule has 1 aromatic carbocycles. The molecule has 2 aromatic rings. The van der Waals surface area contributed by atoms with E-state index < -0.39 is 29.8 Å². The number of carboxylic acid groups (broad SMARTS) is 1. The van der Waals surface area contributed by atoms with Crippen molar-refractivity contribution in [1.82, 2.24) is 9.88 Å². The van der Waals surface area contributed by atoms with E-state index in [0.29, 0.717) is 22.3 Å². The topological polar surface area (TPSA) is 70.5 Å². The van der Waals surface area contributed by atoms with Gasteiger partial charge in [-0.1, -0.05) is 25.1 Å². The number of halogens is 3. The molecular weight excluding hydrogens is 349 g/mol. The molecule has 0 saturated heterocycles. The lowest BCUT2D eigenvalue weighted by Gasteiger charge is -2.22. The molecule has 0 fully saturated rings. The van der Waals surface area contributed by atoms with Crippen LogP contribution in [0.4, 0.5) is 13.2 Å². The molecule has 8 heteroatoms. The van der Waals surface area contributed by atoms with Crippen LogP contribution in [0.5, 0.6) is 0 Å². The first-order chi connectivity index (χ1) is 12.2. The summed E-state index contributed by atoms with van der Waals surface area (Å²) >= 11 is 0. The summed E-state index contributed by atoms with van der Waals surface area (Å²) in [7, 11) is 0. The highest BCUT2D eigenvalue weighted by Gasteiger charge is 2.35. The van der Waals surface area contributed by atoms with Crippen molar-refractivity contribution < 1.29 is 27.9 Å². The van der Waals surface area contributed by atoms with Gasteiger partial charge in [-0.05, 0) is 29.7 Å². The highest BCUT2D eigenvalue weighted by Crippen LogP contribution is 2.32. The van der Waals surface area contributed by atoms with Crippen molar-refractivity contribution >= 4 is 11.9 Å². The van der Waals surface area contributed by atoms with Gasteiger partial charge in [-0.25, -0.2) is 4.79 Å². The molecule has 1 aromatic heterocycles. The molecule has 1 aliphatic rings. The summed E-state index contributed by atoms with van der Waals surface area (Å²) in [5.74, 6) is -1.46. The average Bonchev–Trinajstić information content (AvgIpc) is 2.91. The van der Waals surface area contributed by atoms with Crippen molar-refractivity contribution in [1.29, 1.82) is 0 Å². The standard InChI is InChI=1S/C18H15F3N2O3/c1-2-14(17(25)26)23-9-12-4-3-10(7-13(12)16(23)24)11-5-6-15(22-8-11)18(19,20)21/h3-8,14H,2,9H2,1H3,(H,25,26). The molecule has 1 atom stereocenters. The minimum Gasteiger partial charge on any atom is -0.480 e. The van der Waals surface area contributed by atoms with Crippen molar-refractivity contribution in [3.63, 3.8) is 0 Å². The first-order valence-electron chi connectivity index (χ1n) is 7.92. The predicted octanol–water partition coefficient (Wildman–Crippen LogP) is 3.59. The van der Waals surface area contributed by atoms with Crippen LogP contribution in [-0.2, 0) is 17.5 Å². The van der Waals surface area contributed by atoms with E-state index in [-0.39, 0.29) is 13.0 Å². The van der Waals surface area contributed by atoms with Crippen LogP contribution in [0, 0.1) is 0 Å². The van der Waals surface area contributed by atoms with Gasteiger partial charge >= 0.3 is 12.1 Å². The third-order valence-corrected chi connectivity index (χ3v) is 4.38. The SMILES string of the molecule is CCC(C(=O)O)N1Cc2ccc(-c3ccc(C(F)(F)F)nc3)cc2C1=O. The monoisotopic (exact) mass is 364 g/mol. The second-order valence-electron chi connectivity index (χ2n) is 6.00. The Kier molecular flexibility index (Phi) is 4.43. The number of carbonyl (C=O) groups excluding carboxylic acids is 1. The van der Waals surface area contributed by atoms with Crippen molar-refractivity contribution in [3.8, 4) is 11.1 Å². The molecule has 0 radical (unpaired) electrons. The van der Waals surface area contributed by atoms with Gasteiger partial charge < -0.3 is 10.0 Å². The number of nitrogens with zero attached hydrogens (tertiary/aromatic N) is 2. The third kappa shape index (κ3) is 3.14. The van der Waals surface area contributed by atoms with Crippen LogP contribution in [0.3, 0.4) is 0 Å². The van der Waals surface area contributed by atoms with Crippen LogP contribution < -0.4 is 0 Å². The number of alkyl halides is 3. The average molecular weight is 364 g/mol. The summed E-state index contributed by atoms with van der Waals surface area (Å²) in [6, 6.07) is 6.20. The van der Waals surface area contributed by atoms with Gasteiger partial charge in [-0.3, -0.25) is 9.78 Å². The Labute approximate surface area is 147 Å². The molecule has 1 aliphatic heterocycles. The normalized spacial score (nSPS) is 15.1. The molecule has 1 N–H and O–H groups in total. The van der Waals surface area contributed by atoms with Gasteiger partial charge in [0.1, 0.15) is 11.7 Å². The van der Waals surface area contributed by atoms with E-state index in [4.69, 9.17) is 0 Å². The van der Waals surface area contributed by atoms with Gasteiger partial charge in [0.05, 0.1) is 0 Å². The van der Waals surface area contributed by atoms with Crippen LogP contribution in [0.15, 0.2) is 36.5 Å². The van der Waals surface area contributed by atoms with Gasteiger partial charge in [-0.15, -0.1) is 0 Å². The van der Waals surface area contributed by atoms with E-state index in [0.717, 1.165) is 12.3 Å². The molecule has 0 spiro atoms. The Bertz CT molecular complexity index is 863. The zero-order valence-electron chi connectivity index (χ0n) is 13.7. The lowest BCUT2D eigenvalue weighted by Crippen LogP contribution is -2.40. The van der Waals surface area contributed by atoms with Gasteiger partial charge in [0.15, 0.2) is 0 Å². The smallest absolute Gasteiger partial charge is 0.433 e. The van der Waals surface area contributed by atoms with Crippen LogP contribution >= 0.6 is 0 Å². The Morgan fingerprint density at radius 1 is 1.27 bits per heavy atom. The fraction of sp³-hybridized carbons (Fsp3) is 0.278. The number of pyridine rings is 1. The lowest BCUT2D eigenvalue weighted by atomic mass is 10.0. The number of amides is 1. The summed E-state index contributed by atoms with van der Waals surface area (Å²) in [5.41, 5.74) is 1.05. The Morgan fingerprint density at radius 2 is 1.96 bits per heavy atom. The van der Waals surface area contributed by atoms with Gasteiger partial charge in [0.2, 0.25) is 0 Å². The molecule has 1 unspecified atom stereocenters. The second kappa shape index (κ2) is 6.44. The van der Waals surface area contributed by atoms with E-state index in [1.165, 1.54) is 11.0 Å². The number of hydrogen-bond acceptors (Lipinski definition) is 3. The molecule has 0 aliphatic carbocycles. The molecule has 0 saturated carbocycles. The van der Waals surface area contributed by atoms with Crippen LogP contribution in [-0.4, -0.2) is 32.9 Å². The van der Waals surface area contributed by atoms with Crippen molar-refractivity contribution in [2.45, 2.75) is 32.1 Å². The maximum Gasteiger partial charge on any atom is 0.433 e. The first-order valence-corrected chi connectivity index (χ1v) is 7.92. The Balaban J connectivity index is 1.91. The summed E-state index contributed by atoms with van der Waals surface area (Å²) in [6.07, 6.45) is -3.13. The Hall–Kier alpha value is -2.90. The minimum absolute atomic E-state index is 0.199. The molecule has 26 heavy (non-hydrogen) atoms.